The van der Waals surface area contributed by atoms with Crippen LogP contribution >= 0.6 is 0 Å². The third-order valence-corrected chi connectivity index (χ3v) is 17.8. The highest BCUT2D eigenvalue weighted by Gasteiger charge is 2.41. The Morgan fingerprint density at radius 2 is 0.512 bits per heavy atom. The van der Waals surface area contributed by atoms with Crippen molar-refractivity contribution in [3.05, 3.63) is 284 Å². The van der Waals surface area contributed by atoms with Crippen molar-refractivity contribution >= 4 is 0 Å². The zero-order valence-corrected chi connectivity index (χ0v) is 55.5. The third kappa shape index (κ3) is 13.4. The molecule has 448 valence electrons. The summed E-state index contributed by atoms with van der Waals surface area (Å²) in [4.78, 5) is 0. The molecule has 0 saturated heterocycles. The van der Waals surface area contributed by atoms with E-state index in [0.717, 1.165) is 23.6 Å². The summed E-state index contributed by atoms with van der Waals surface area (Å²) in [6.07, 6.45) is 2.88. The molecular formula is C81H98N3O2+. The maximum Gasteiger partial charge on any atom is 0.204 e. The average Bonchev–Trinajstić information content (AvgIpc) is 1.03. The van der Waals surface area contributed by atoms with Gasteiger partial charge >= 0.3 is 0 Å². The Labute approximate surface area is 517 Å². The van der Waals surface area contributed by atoms with Crippen LogP contribution in [0.15, 0.2) is 200 Å². The number of nitrogens with zero attached hydrogens (tertiary/aromatic N) is 3. The van der Waals surface area contributed by atoms with Gasteiger partial charge in [-0.15, -0.1) is 9.36 Å². The van der Waals surface area contributed by atoms with Crippen molar-refractivity contribution in [2.75, 3.05) is 6.61 Å². The zero-order chi connectivity index (χ0) is 62.3. The van der Waals surface area contributed by atoms with Crippen molar-refractivity contribution in [3.8, 4) is 11.5 Å². The highest BCUT2D eigenvalue weighted by Crippen LogP contribution is 2.49. The molecule has 0 radical (unpaired) electrons. The van der Waals surface area contributed by atoms with Gasteiger partial charge in [-0.3, -0.25) is 0 Å². The first-order valence-electron chi connectivity index (χ1n) is 31.3. The normalized spacial score (nSPS) is 13.0. The van der Waals surface area contributed by atoms with Crippen LogP contribution in [0.25, 0.3) is 0 Å². The summed E-state index contributed by atoms with van der Waals surface area (Å²) < 4.78 is 17.0. The minimum absolute atomic E-state index is 0.0251. The van der Waals surface area contributed by atoms with Gasteiger partial charge < -0.3 is 9.47 Å². The quantitative estimate of drug-likeness (QED) is 0.0550. The Morgan fingerprint density at radius 1 is 0.302 bits per heavy atom. The third-order valence-electron chi connectivity index (χ3n) is 17.8. The molecule has 0 aliphatic heterocycles. The van der Waals surface area contributed by atoms with Crippen molar-refractivity contribution in [1.29, 1.82) is 0 Å². The number of aromatic nitrogens is 3. The van der Waals surface area contributed by atoms with E-state index < -0.39 is 10.8 Å². The van der Waals surface area contributed by atoms with Crippen molar-refractivity contribution in [2.45, 2.75) is 188 Å². The topological polar surface area (TPSA) is 40.2 Å². The second-order valence-electron chi connectivity index (χ2n) is 30.4. The first-order valence-corrected chi connectivity index (χ1v) is 31.3. The second-order valence-corrected chi connectivity index (χ2v) is 30.4. The van der Waals surface area contributed by atoms with E-state index in [0.29, 0.717) is 19.8 Å². The van der Waals surface area contributed by atoms with Gasteiger partial charge in [-0.05, 0) is 135 Å². The lowest BCUT2D eigenvalue weighted by atomic mass is 9.64. The predicted octanol–water partition coefficient (Wildman–Crippen LogP) is 19.3. The molecule has 0 atom stereocenters. The molecule has 9 rings (SSSR count). The van der Waals surface area contributed by atoms with E-state index >= 15 is 0 Å². The van der Waals surface area contributed by atoms with Crippen LogP contribution in [0.5, 0.6) is 11.5 Å². The van der Waals surface area contributed by atoms with Gasteiger partial charge in [-0.25, -0.2) is 0 Å². The lowest BCUT2D eigenvalue weighted by molar-refractivity contribution is -0.755. The fraction of sp³-hybridized carbons (Fsp3) is 0.383. The maximum absolute atomic E-state index is 6.59. The number of rotatable bonds is 16. The molecular weight excluding hydrogens is 1050 g/mol. The van der Waals surface area contributed by atoms with E-state index in [1.807, 2.05) is 16.4 Å². The molecule has 5 nitrogen and oxygen atoms in total. The first kappa shape index (κ1) is 63.0. The molecule has 0 bridgehead atoms. The van der Waals surface area contributed by atoms with Crippen molar-refractivity contribution in [1.82, 2.24) is 9.90 Å². The van der Waals surface area contributed by atoms with E-state index in [9.17, 15) is 0 Å². The molecule has 1 heterocycles. The smallest absolute Gasteiger partial charge is 0.204 e. The molecule has 0 spiro atoms. The first-order chi connectivity index (χ1) is 40.3. The summed E-state index contributed by atoms with van der Waals surface area (Å²) in [7, 11) is 1.99. The van der Waals surface area contributed by atoms with Crippen LogP contribution in [-0.4, -0.2) is 16.5 Å². The minimum Gasteiger partial charge on any atom is -0.493 e. The Balaban J connectivity index is 0.937. The van der Waals surface area contributed by atoms with E-state index in [1.54, 1.807) is 0 Å². The van der Waals surface area contributed by atoms with Crippen molar-refractivity contribution < 1.29 is 14.2 Å². The largest absolute Gasteiger partial charge is 0.493 e. The lowest BCUT2D eigenvalue weighted by Gasteiger charge is -2.38. The fourth-order valence-corrected chi connectivity index (χ4v) is 12.2. The van der Waals surface area contributed by atoms with E-state index in [4.69, 9.17) is 14.7 Å². The van der Waals surface area contributed by atoms with Crippen LogP contribution in [0.4, 0.5) is 0 Å². The Morgan fingerprint density at radius 3 is 0.744 bits per heavy atom. The van der Waals surface area contributed by atoms with Crippen molar-refractivity contribution in [3.63, 3.8) is 0 Å². The zero-order valence-electron chi connectivity index (χ0n) is 55.5. The van der Waals surface area contributed by atoms with Crippen LogP contribution < -0.4 is 14.2 Å². The van der Waals surface area contributed by atoms with Crippen LogP contribution in [0.1, 0.15) is 215 Å². The van der Waals surface area contributed by atoms with Gasteiger partial charge in [-0.1, -0.05) is 294 Å². The molecule has 8 aromatic carbocycles. The van der Waals surface area contributed by atoms with Gasteiger partial charge in [0.1, 0.15) is 25.1 Å². The molecule has 0 fully saturated rings. The lowest BCUT2D eigenvalue weighted by Crippen LogP contribution is -2.36. The standard InChI is InChI=1S/C81H98N3O2/c1-74(2,3)57-21-33-63(34-22-57)80(64-35-23-58(24-36-64)75(4,5)6,65-37-25-59(26-38-65)76(7,8)9)69-45-49-72(50-46-69)85-54-20-53-84-55-71(83(19)82-84)56-86-73-51-47-70(48-52-73)81(66-39-27-60(28-40-66)77(10,11)12,67-41-29-61(30-42-67)78(13,14)15)68-43-31-62(32-44-68)79(16,17)18/h21-52,55H,20,53-54,56H2,1-19H3/q+1. The molecule has 0 aliphatic carbocycles. The van der Waals surface area contributed by atoms with Gasteiger partial charge in [0.2, 0.25) is 5.69 Å². The number of ether oxygens (including phenoxy) is 2. The molecule has 0 unspecified atom stereocenters. The highest BCUT2D eigenvalue weighted by molar-refractivity contribution is 5.63. The van der Waals surface area contributed by atoms with E-state index in [-0.39, 0.29) is 32.5 Å². The van der Waals surface area contributed by atoms with Crippen LogP contribution in [0, 0.1) is 0 Å². The van der Waals surface area contributed by atoms with Gasteiger partial charge in [0.15, 0.2) is 12.8 Å². The second kappa shape index (κ2) is 24.0. The number of benzene rings is 8. The Hall–Kier alpha value is -7.50. The molecule has 9 aromatic rings. The Kier molecular flexibility index (Phi) is 17.6. The van der Waals surface area contributed by atoms with Gasteiger partial charge in [0.25, 0.3) is 0 Å². The molecule has 0 saturated carbocycles. The summed E-state index contributed by atoms with van der Waals surface area (Å²) in [5, 5.41) is 4.86. The summed E-state index contributed by atoms with van der Waals surface area (Å²) in [6, 6.07) is 73.7. The van der Waals surface area contributed by atoms with Gasteiger partial charge in [0, 0.05) is 6.42 Å². The molecule has 0 N–H and O–H groups in total. The summed E-state index contributed by atoms with van der Waals surface area (Å²) >= 11 is 0. The van der Waals surface area contributed by atoms with Crippen LogP contribution in [0.3, 0.4) is 0 Å². The Bertz CT molecular complexity index is 3390. The summed E-state index contributed by atoms with van der Waals surface area (Å²) in [6.45, 7) is 42.7. The summed E-state index contributed by atoms with van der Waals surface area (Å²) in [5.41, 5.74) is 17.5. The molecule has 0 aliphatic rings. The van der Waals surface area contributed by atoms with Crippen LogP contribution in [0.2, 0.25) is 0 Å². The fourth-order valence-electron chi connectivity index (χ4n) is 12.2. The summed E-state index contributed by atoms with van der Waals surface area (Å²) in [5.74, 6) is 1.65. The SMILES string of the molecule is Cn1n[n+](CCCOc2ccc(C(c3ccc(C(C)(C)C)cc3)(c3ccc(C(C)(C)C)cc3)c3ccc(C(C)(C)C)cc3)cc2)cc1COc1ccc(C(c2ccc(C(C)(C)C)cc2)(c2ccc(C(C)(C)C)cc2)c2ccc(C(C)(C)C)cc2)cc1. The van der Waals surface area contributed by atoms with Crippen molar-refractivity contribution in [2.24, 2.45) is 7.05 Å². The minimum atomic E-state index is -0.605. The van der Waals surface area contributed by atoms with E-state index in [1.165, 1.54) is 77.9 Å². The average molecular weight is 1150 g/mol. The highest BCUT2D eigenvalue weighted by atomic mass is 16.5. The molecule has 1 aromatic heterocycles. The van der Waals surface area contributed by atoms with Gasteiger partial charge in [-0.2, -0.15) is 0 Å². The number of hydrogen-bond donors (Lipinski definition) is 0. The van der Waals surface area contributed by atoms with E-state index in [2.05, 4.69) is 325 Å². The molecule has 86 heavy (non-hydrogen) atoms. The maximum atomic E-state index is 6.59. The number of aryl methyl sites for hydroxylation is 2. The van der Waals surface area contributed by atoms with Gasteiger partial charge in [0.05, 0.1) is 22.7 Å². The molecule has 0 amide bonds. The molecule has 5 heteroatoms. The predicted molar refractivity (Wildman–Crippen MR) is 360 cm³/mol. The van der Waals surface area contributed by atoms with Crippen LogP contribution in [-0.2, 0) is 63.5 Å². The number of hydrogen-bond acceptors (Lipinski definition) is 3. The monoisotopic (exact) mass is 1140 g/mol.